The van der Waals surface area contributed by atoms with Crippen molar-refractivity contribution in [2.45, 2.75) is 44.6 Å². The van der Waals surface area contributed by atoms with E-state index in [9.17, 15) is 14.4 Å². The maximum absolute atomic E-state index is 12.3. The van der Waals surface area contributed by atoms with Crippen molar-refractivity contribution in [3.63, 3.8) is 0 Å². The van der Waals surface area contributed by atoms with Crippen LogP contribution in [0.25, 0.3) is 0 Å². The highest BCUT2D eigenvalue weighted by Crippen LogP contribution is 2.27. The van der Waals surface area contributed by atoms with Gasteiger partial charge in [-0.25, -0.2) is 4.79 Å². The number of nitrogens with two attached hydrogens (primary N) is 1. The zero-order chi connectivity index (χ0) is 16.8. The first-order valence-corrected chi connectivity index (χ1v) is 7.76. The second-order valence-electron chi connectivity index (χ2n) is 5.88. The molecule has 0 radical (unpaired) electrons. The number of nitrogens with one attached hydrogen (secondary N) is 1. The Hall–Kier alpha value is -2.44. The number of aromatic nitrogens is 1. The molecule has 1 heterocycles. The van der Waals surface area contributed by atoms with Crippen LogP contribution in [0.15, 0.2) is 18.3 Å². The van der Waals surface area contributed by atoms with Crippen LogP contribution in [-0.4, -0.2) is 33.9 Å². The molecule has 1 fully saturated rings. The van der Waals surface area contributed by atoms with Gasteiger partial charge < -0.3 is 16.2 Å². The van der Waals surface area contributed by atoms with Crippen LogP contribution in [0.4, 0.5) is 0 Å². The molecule has 1 atom stereocenters. The van der Waals surface area contributed by atoms with Crippen molar-refractivity contribution < 1.29 is 19.5 Å². The number of pyridine rings is 1. The summed E-state index contributed by atoms with van der Waals surface area (Å²) in [5.41, 5.74) is 5.31. The molecular formula is C16H21N3O4. The number of carbonyl (C=O) groups excluding carboxylic acids is 2. The third-order valence-corrected chi connectivity index (χ3v) is 4.20. The summed E-state index contributed by atoms with van der Waals surface area (Å²) in [6.45, 7) is 0. The summed E-state index contributed by atoms with van der Waals surface area (Å²) < 4.78 is 0. The molecule has 1 aliphatic rings. The number of primary amides is 1. The molecule has 0 bridgehead atoms. The quantitative estimate of drug-likeness (QED) is 0.730. The van der Waals surface area contributed by atoms with Crippen LogP contribution in [-0.2, 0) is 4.79 Å². The van der Waals surface area contributed by atoms with E-state index in [0.717, 1.165) is 32.1 Å². The van der Waals surface area contributed by atoms with E-state index < -0.39 is 17.8 Å². The number of carboxylic acid groups (broad SMARTS) is 1. The second kappa shape index (κ2) is 7.71. The molecule has 0 aromatic carbocycles. The number of amides is 2. The van der Waals surface area contributed by atoms with E-state index in [4.69, 9.17) is 10.8 Å². The van der Waals surface area contributed by atoms with E-state index in [1.54, 1.807) is 0 Å². The molecule has 4 N–H and O–H groups in total. The molecule has 1 unspecified atom stereocenters. The Morgan fingerprint density at radius 3 is 2.61 bits per heavy atom. The van der Waals surface area contributed by atoms with Crippen molar-refractivity contribution in [2.24, 2.45) is 11.7 Å². The number of aromatic carboxylic acids is 1. The Morgan fingerprint density at radius 2 is 2.00 bits per heavy atom. The number of carboxylic acids is 1. The number of nitrogens with zero attached hydrogens (tertiary/aromatic N) is 1. The van der Waals surface area contributed by atoms with Gasteiger partial charge in [0.25, 0.3) is 5.91 Å². The van der Waals surface area contributed by atoms with E-state index >= 15 is 0 Å². The number of hydrogen-bond acceptors (Lipinski definition) is 4. The zero-order valence-corrected chi connectivity index (χ0v) is 12.8. The summed E-state index contributed by atoms with van der Waals surface area (Å²) in [6, 6.07) is 2.21. The molecule has 1 aromatic heterocycles. The normalized spacial score (nSPS) is 16.5. The minimum absolute atomic E-state index is 0.00531. The maximum atomic E-state index is 12.3. The predicted octanol–water partition coefficient (Wildman–Crippen LogP) is 1.33. The highest BCUT2D eigenvalue weighted by atomic mass is 16.4. The van der Waals surface area contributed by atoms with Gasteiger partial charge in [-0.3, -0.25) is 14.6 Å². The van der Waals surface area contributed by atoms with Gasteiger partial charge in [-0.2, -0.15) is 0 Å². The van der Waals surface area contributed by atoms with Crippen LogP contribution in [0.3, 0.4) is 0 Å². The standard InChI is InChI=1S/C16H21N3O4/c17-14(20)9-12(10-4-2-1-3-5-10)19-15(21)13-8-11(16(22)23)6-7-18-13/h6-8,10,12H,1-5,9H2,(H2,17,20)(H,19,21)(H,22,23). The molecule has 0 spiro atoms. The summed E-state index contributed by atoms with van der Waals surface area (Å²) >= 11 is 0. The van der Waals surface area contributed by atoms with Gasteiger partial charge in [-0.1, -0.05) is 19.3 Å². The molecule has 1 saturated carbocycles. The minimum Gasteiger partial charge on any atom is -0.478 e. The first-order chi connectivity index (χ1) is 11.0. The molecule has 23 heavy (non-hydrogen) atoms. The van der Waals surface area contributed by atoms with Gasteiger partial charge in [-0.05, 0) is 30.9 Å². The van der Waals surface area contributed by atoms with Gasteiger partial charge in [0, 0.05) is 18.7 Å². The van der Waals surface area contributed by atoms with E-state index in [1.807, 2.05) is 0 Å². The summed E-state index contributed by atoms with van der Waals surface area (Å²) in [7, 11) is 0. The van der Waals surface area contributed by atoms with Crippen LogP contribution in [0, 0.1) is 5.92 Å². The summed E-state index contributed by atoms with van der Waals surface area (Å²) in [5.74, 6) is -1.86. The zero-order valence-electron chi connectivity index (χ0n) is 12.8. The lowest BCUT2D eigenvalue weighted by Gasteiger charge is -2.30. The fourth-order valence-electron chi connectivity index (χ4n) is 3.02. The number of carbonyl (C=O) groups is 3. The molecule has 2 rings (SSSR count). The first-order valence-electron chi connectivity index (χ1n) is 7.76. The fourth-order valence-corrected chi connectivity index (χ4v) is 3.02. The van der Waals surface area contributed by atoms with Gasteiger partial charge >= 0.3 is 5.97 Å². The Balaban J connectivity index is 2.11. The van der Waals surface area contributed by atoms with Gasteiger partial charge in [0.2, 0.25) is 5.91 Å². The first kappa shape index (κ1) is 16.9. The molecule has 124 valence electrons. The predicted molar refractivity (Wildman–Crippen MR) is 82.8 cm³/mol. The van der Waals surface area contributed by atoms with Crippen LogP contribution in [0.5, 0.6) is 0 Å². The van der Waals surface area contributed by atoms with Crippen molar-refractivity contribution in [2.75, 3.05) is 0 Å². The largest absolute Gasteiger partial charge is 0.478 e. The van der Waals surface area contributed by atoms with Crippen LogP contribution >= 0.6 is 0 Å². The summed E-state index contributed by atoms with van der Waals surface area (Å²) in [4.78, 5) is 38.5. The van der Waals surface area contributed by atoms with Crippen molar-refractivity contribution in [1.29, 1.82) is 0 Å². The summed E-state index contributed by atoms with van der Waals surface area (Å²) in [6.07, 6.45) is 6.56. The van der Waals surface area contributed by atoms with Crippen molar-refractivity contribution in [1.82, 2.24) is 10.3 Å². The summed E-state index contributed by atoms with van der Waals surface area (Å²) in [5, 5.41) is 11.8. The average Bonchev–Trinajstić information content (AvgIpc) is 2.54. The molecule has 2 amide bonds. The van der Waals surface area contributed by atoms with E-state index in [-0.39, 0.29) is 29.6 Å². The van der Waals surface area contributed by atoms with E-state index in [2.05, 4.69) is 10.3 Å². The molecule has 7 heteroatoms. The maximum Gasteiger partial charge on any atom is 0.335 e. The number of rotatable bonds is 6. The average molecular weight is 319 g/mol. The van der Waals surface area contributed by atoms with Crippen molar-refractivity contribution in [3.05, 3.63) is 29.6 Å². The van der Waals surface area contributed by atoms with E-state index in [1.165, 1.54) is 18.3 Å². The smallest absolute Gasteiger partial charge is 0.335 e. The lowest BCUT2D eigenvalue weighted by molar-refractivity contribution is -0.118. The third kappa shape index (κ3) is 4.77. The van der Waals surface area contributed by atoms with Gasteiger partial charge in [0.15, 0.2) is 0 Å². The van der Waals surface area contributed by atoms with Crippen LogP contribution < -0.4 is 11.1 Å². The molecule has 1 aliphatic carbocycles. The van der Waals surface area contributed by atoms with Crippen molar-refractivity contribution in [3.8, 4) is 0 Å². The highest BCUT2D eigenvalue weighted by Gasteiger charge is 2.27. The van der Waals surface area contributed by atoms with Crippen LogP contribution in [0.2, 0.25) is 0 Å². The lowest BCUT2D eigenvalue weighted by Crippen LogP contribution is -2.43. The monoisotopic (exact) mass is 319 g/mol. The topological polar surface area (TPSA) is 122 Å². The number of hydrogen-bond donors (Lipinski definition) is 3. The Bertz CT molecular complexity index is 597. The van der Waals surface area contributed by atoms with Gasteiger partial charge in [-0.15, -0.1) is 0 Å². The second-order valence-corrected chi connectivity index (χ2v) is 5.88. The van der Waals surface area contributed by atoms with Crippen molar-refractivity contribution >= 4 is 17.8 Å². The Morgan fingerprint density at radius 1 is 1.30 bits per heavy atom. The fraction of sp³-hybridized carbons (Fsp3) is 0.500. The molecule has 7 nitrogen and oxygen atoms in total. The third-order valence-electron chi connectivity index (χ3n) is 4.20. The lowest BCUT2D eigenvalue weighted by atomic mass is 9.82. The molecular weight excluding hydrogens is 298 g/mol. The molecule has 0 saturated heterocycles. The van der Waals surface area contributed by atoms with Crippen LogP contribution in [0.1, 0.15) is 59.4 Å². The van der Waals surface area contributed by atoms with E-state index in [0.29, 0.717) is 0 Å². The molecule has 0 aliphatic heterocycles. The minimum atomic E-state index is -1.12. The molecule has 1 aromatic rings. The Labute approximate surface area is 134 Å². The highest BCUT2D eigenvalue weighted by molar-refractivity contribution is 5.96. The van der Waals surface area contributed by atoms with Gasteiger partial charge in [0.1, 0.15) is 5.69 Å². The Kier molecular flexibility index (Phi) is 5.67. The van der Waals surface area contributed by atoms with Gasteiger partial charge in [0.05, 0.1) is 5.56 Å². The SMILES string of the molecule is NC(=O)CC(NC(=O)c1cc(C(=O)O)ccn1)C1CCCCC1.